The molecule has 0 bridgehead atoms. The molecule has 3 rings (SSSR count). The molecule has 0 spiro atoms. The van der Waals surface area contributed by atoms with Crippen LogP contribution in [0.15, 0.2) is 77.9 Å². The van der Waals surface area contributed by atoms with Crippen LogP contribution in [0.1, 0.15) is 21.5 Å². The summed E-state index contributed by atoms with van der Waals surface area (Å²) in [6.07, 6.45) is 1.54. The van der Waals surface area contributed by atoms with Gasteiger partial charge in [-0.25, -0.2) is 5.43 Å². The van der Waals surface area contributed by atoms with Crippen molar-refractivity contribution in [1.29, 1.82) is 0 Å². The molecule has 2 N–H and O–H groups in total. The summed E-state index contributed by atoms with van der Waals surface area (Å²) in [4.78, 5) is 12.0. The topological polar surface area (TPSA) is 70.9 Å². The van der Waals surface area contributed by atoms with Crippen LogP contribution in [-0.4, -0.2) is 17.2 Å². The molecular weight excluding hydrogens is 364 g/mol. The molecule has 0 aromatic heterocycles. The highest BCUT2D eigenvalue weighted by Crippen LogP contribution is 2.16. The molecule has 3 aromatic rings. The summed E-state index contributed by atoms with van der Waals surface area (Å²) in [5.41, 5.74) is 4.65. The summed E-state index contributed by atoms with van der Waals surface area (Å²) in [5, 5.41) is 13.9. The lowest BCUT2D eigenvalue weighted by atomic mass is 10.2. The third-order valence-electron chi connectivity index (χ3n) is 3.69. The number of halogens is 1. The molecule has 0 aliphatic heterocycles. The monoisotopic (exact) mass is 380 g/mol. The van der Waals surface area contributed by atoms with Gasteiger partial charge in [0.1, 0.15) is 18.1 Å². The van der Waals surface area contributed by atoms with Gasteiger partial charge < -0.3 is 9.84 Å². The molecule has 0 saturated heterocycles. The fraction of sp³-hybridized carbons (Fsp3) is 0.0476. The number of nitrogens with zero attached hydrogens (tertiary/aromatic N) is 1. The predicted octanol–water partition coefficient (Wildman–Crippen LogP) is 4.39. The molecule has 3 aromatic carbocycles. The molecule has 0 saturated carbocycles. The summed E-state index contributed by atoms with van der Waals surface area (Å²) in [7, 11) is 0. The third-order valence-corrected chi connectivity index (χ3v) is 3.94. The highest BCUT2D eigenvalue weighted by Gasteiger charge is 2.03. The first kappa shape index (κ1) is 18.5. The number of ether oxygens (including phenoxy) is 1. The van der Waals surface area contributed by atoms with Crippen LogP contribution in [0, 0.1) is 0 Å². The van der Waals surface area contributed by atoms with Gasteiger partial charge in [-0.2, -0.15) is 5.10 Å². The molecule has 0 aliphatic carbocycles. The number of nitrogens with one attached hydrogen (secondary N) is 1. The van der Waals surface area contributed by atoms with E-state index < -0.39 is 0 Å². The fourth-order valence-electron chi connectivity index (χ4n) is 2.27. The second-order valence-corrected chi connectivity index (χ2v) is 6.17. The average molecular weight is 381 g/mol. The Bertz CT molecular complexity index is 938. The van der Waals surface area contributed by atoms with Crippen molar-refractivity contribution >= 4 is 23.7 Å². The van der Waals surface area contributed by atoms with Gasteiger partial charge in [0.15, 0.2) is 0 Å². The maximum absolute atomic E-state index is 12.0. The molecular formula is C21H17ClN2O3. The second kappa shape index (κ2) is 8.87. The van der Waals surface area contributed by atoms with E-state index in [4.69, 9.17) is 16.3 Å². The molecule has 136 valence electrons. The van der Waals surface area contributed by atoms with Crippen LogP contribution in [-0.2, 0) is 6.61 Å². The van der Waals surface area contributed by atoms with Crippen LogP contribution in [0.3, 0.4) is 0 Å². The van der Waals surface area contributed by atoms with Gasteiger partial charge in [-0.05, 0) is 59.7 Å². The van der Waals surface area contributed by atoms with E-state index in [0.717, 1.165) is 11.1 Å². The summed E-state index contributed by atoms with van der Waals surface area (Å²) in [6.45, 7) is 0.426. The number of phenols is 1. The minimum absolute atomic E-state index is 0.102. The molecule has 0 aliphatic rings. The zero-order valence-corrected chi connectivity index (χ0v) is 15.1. The minimum atomic E-state index is -0.360. The van der Waals surface area contributed by atoms with Crippen LogP contribution < -0.4 is 10.2 Å². The highest BCUT2D eigenvalue weighted by atomic mass is 35.5. The predicted molar refractivity (Wildman–Crippen MR) is 105 cm³/mol. The van der Waals surface area contributed by atoms with Crippen molar-refractivity contribution in [1.82, 2.24) is 5.43 Å². The maximum atomic E-state index is 12.0. The van der Waals surface area contributed by atoms with E-state index in [1.54, 1.807) is 0 Å². The Balaban J connectivity index is 1.56. The lowest BCUT2D eigenvalue weighted by molar-refractivity contribution is 0.0955. The molecule has 0 radical (unpaired) electrons. The van der Waals surface area contributed by atoms with E-state index >= 15 is 0 Å². The van der Waals surface area contributed by atoms with Crippen molar-refractivity contribution < 1.29 is 14.6 Å². The number of hydrazone groups is 1. The fourth-order valence-corrected chi connectivity index (χ4v) is 2.40. The van der Waals surface area contributed by atoms with E-state index in [1.165, 1.54) is 30.5 Å². The summed E-state index contributed by atoms with van der Waals surface area (Å²) in [5.74, 6) is 0.436. The van der Waals surface area contributed by atoms with Gasteiger partial charge in [-0.1, -0.05) is 35.9 Å². The van der Waals surface area contributed by atoms with E-state index in [0.29, 0.717) is 22.9 Å². The minimum Gasteiger partial charge on any atom is -0.508 e. The van der Waals surface area contributed by atoms with Gasteiger partial charge >= 0.3 is 0 Å². The number of benzene rings is 3. The third kappa shape index (κ3) is 5.59. The first-order chi connectivity index (χ1) is 13.1. The van der Waals surface area contributed by atoms with E-state index in [-0.39, 0.29) is 11.7 Å². The Hall–Kier alpha value is -3.31. The molecule has 0 atom stereocenters. The largest absolute Gasteiger partial charge is 0.508 e. The quantitative estimate of drug-likeness (QED) is 0.492. The number of hydrogen-bond acceptors (Lipinski definition) is 4. The van der Waals surface area contributed by atoms with Gasteiger partial charge in [0.05, 0.1) is 6.21 Å². The second-order valence-electron chi connectivity index (χ2n) is 5.73. The summed E-state index contributed by atoms with van der Waals surface area (Å²) < 4.78 is 5.76. The number of aromatic hydroxyl groups is 1. The van der Waals surface area contributed by atoms with Crippen molar-refractivity contribution in [3.63, 3.8) is 0 Å². The van der Waals surface area contributed by atoms with Crippen LogP contribution in [0.5, 0.6) is 11.5 Å². The van der Waals surface area contributed by atoms with Crippen molar-refractivity contribution in [2.24, 2.45) is 5.10 Å². The Morgan fingerprint density at radius 1 is 1.07 bits per heavy atom. The number of carbonyl (C=O) groups is 1. The van der Waals surface area contributed by atoms with Crippen molar-refractivity contribution in [3.05, 3.63) is 94.5 Å². The number of rotatable bonds is 6. The molecule has 0 unspecified atom stereocenters. The average Bonchev–Trinajstić information content (AvgIpc) is 2.68. The molecule has 27 heavy (non-hydrogen) atoms. The van der Waals surface area contributed by atoms with Crippen LogP contribution in [0.25, 0.3) is 0 Å². The van der Waals surface area contributed by atoms with Gasteiger partial charge in [-0.15, -0.1) is 0 Å². The molecule has 5 nitrogen and oxygen atoms in total. The molecule has 6 heteroatoms. The number of hydrogen-bond donors (Lipinski definition) is 2. The van der Waals surface area contributed by atoms with Gasteiger partial charge in [0.25, 0.3) is 5.91 Å². The zero-order valence-electron chi connectivity index (χ0n) is 14.3. The Morgan fingerprint density at radius 3 is 2.56 bits per heavy atom. The Morgan fingerprint density at radius 2 is 1.81 bits per heavy atom. The molecule has 0 heterocycles. The number of carbonyl (C=O) groups excluding carboxylic acids is 1. The smallest absolute Gasteiger partial charge is 0.271 e. The molecule has 0 fully saturated rings. The Labute approximate surface area is 161 Å². The van der Waals surface area contributed by atoms with E-state index in [1.807, 2.05) is 48.5 Å². The van der Waals surface area contributed by atoms with Crippen molar-refractivity contribution in [3.8, 4) is 11.5 Å². The normalized spacial score (nSPS) is 10.7. The lowest BCUT2D eigenvalue weighted by Crippen LogP contribution is -2.17. The van der Waals surface area contributed by atoms with E-state index in [2.05, 4.69) is 10.5 Å². The summed E-state index contributed by atoms with van der Waals surface area (Å²) in [6, 6.07) is 20.8. The van der Waals surface area contributed by atoms with Crippen molar-refractivity contribution in [2.75, 3.05) is 0 Å². The van der Waals surface area contributed by atoms with Crippen LogP contribution >= 0.6 is 11.6 Å². The standard InChI is InChI=1S/C21H17ClN2O3/c22-18-8-4-15(5-9-18)14-27-20-3-1-2-16(12-20)13-23-24-21(26)17-6-10-19(25)11-7-17/h1-13,25H,14H2,(H,24,26). The highest BCUT2D eigenvalue weighted by molar-refractivity contribution is 6.30. The maximum Gasteiger partial charge on any atom is 0.271 e. The van der Waals surface area contributed by atoms with Crippen molar-refractivity contribution in [2.45, 2.75) is 6.61 Å². The zero-order chi connectivity index (χ0) is 19.1. The first-order valence-electron chi connectivity index (χ1n) is 8.20. The Kier molecular flexibility index (Phi) is 6.07. The summed E-state index contributed by atoms with van der Waals surface area (Å²) >= 11 is 5.87. The number of phenolic OH excluding ortho intramolecular Hbond substituents is 1. The van der Waals surface area contributed by atoms with Gasteiger partial charge in [0.2, 0.25) is 0 Å². The first-order valence-corrected chi connectivity index (χ1v) is 8.58. The lowest BCUT2D eigenvalue weighted by Gasteiger charge is -2.07. The SMILES string of the molecule is O=C(NN=Cc1cccc(OCc2ccc(Cl)cc2)c1)c1ccc(O)cc1. The van der Waals surface area contributed by atoms with Gasteiger partial charge in [-0.3, -0.25) is 4.79 Å². The van der Waals surface area contributed by atoms with Crippen LogP contribution in [0.4, 0.5) is 0 Å². The number of amides is 1. The van der Waals surface area contributed by atoms with E-state index in [9.17, 15) is 9.90 Å². The van der Waals surface area contributed by atoms with Crippen LogP contribution in [0.2, 0.25) is 5.02 Å². The molecule has 1 amide bonds. The van der Waals surface area contributed by atoms with Gasteiger partial charge in [0, 0.05) is 10.6 Å².